The number of amides is 1. The summed E-state index contributed by atoms with van der Waals surface area (Å²) in [4.78, 5) is 16.4. The molecular weight excluding hydrogens is 312 g/mol. The number of primary amides is 1. The number of imidazole rings is 1. The van der Waals surface area contributed by atoms with Crippen LogP contribution in [0.2, 0.25) is 0 Å². The van der Waals surface area contributed by atoms with E-state index in [1.54, 1.807) is 6.20 Å². The predicted octanol–water partition coefficient (Wildman–Crippen LogP) is 2.92. The number of carbonyl (C=O) groups excluding carboxylic acids is 1. The first kappa shape index (κ1) is 17.0. The lowest BCUT2D eigenvalue weighted by Gasteiger charge is -2.13. The molecule has 1 aliphatic heterocycles. The molecule has 0 bridgehead atoms. The summed E-state index contributed by atoms with van der Waals surface area (Å²) in [7, 11) is 0. The summed E-state index contributed by atoms with van der Waals surface area (Å²) in [5, 5.41) is 3.50. The van der Waals surface area contributed by atoms with E-state index in [2.05, 4.69) is 41.5 Å². The molecule has 5 heteroatoms. The molecule has 130 valence electrons. The molecule has 0 radical (unpaired) electrons. The second kappa shape index (κ2) is 6.97. The lowest BCUT2D eigenvalue weighted by Crippen LogP contribution is -2.15. The largest absolute Gasteiger partial charge is 0.378 e. The van der Waals surface area contributed by atoms with Crippen LogP contribution in [0.5, 0.6) is 0 Å². The molecule has 2 heterocycles. The molecular formula is C20H24N4O. The average Bonchev–Trinajstić information content (AvgIpc) is 2.78. The summed E-state index contributed by atoms with van der Waals surface area (Å²) in [5.74, 6) is 0.422. The van der Waals surface area contributed by atoms with Gasteiger partial charge in [-0.3, -0.25) is 4.79 Å². The number of rotatable bonds is 5. The van der Waals surface area contributed by atoms with Gasteiger partial charge in [0.1, 0.15) is 0 Å². The highest BCUT2D eigenvalue weighted by molar-refractivity contribution is 5.96. The normalized spacial score (nSPS) is 13.6. The SMILES string of the molecule is CCc1ccccc1CNC1=CCC(C(N)=O)=Cn2c1nc(C)c2C. The topological polar surface area (TPSA) is 72.9 Å². The molecule has 0 saturated carbocycles. The number of nitrogens with zero attached hydrogens (tertiary/aromatic N) is 2. The highest BCUT2D eigenvalue weighted by Crippen LogP contribution is 2.24. The van der Waals surface area contributed by atoms with Crippen molar-refractivity contribution in [3.63, 3.8) is 0 Å². The molecule has 1 amide bonds. The third kappa shape index (κ3) is 3.36. The molecule has 2 aromatic rings. The number of hydrogen-bond acceptors (Lipinski definition) is 3. The van der Waals surface area contributed by atoms with E-state index >= 15 is 0 Å². The monoisotopic (exact) mass is 336 g/mol. The quantitative estimate of drug-likeness (QED) is 0.882. The standard InChI is InChI=1S/C20H24N4O/c1-4-15-7-5-6-8-16(15)11-22-18-10-9-17(19(21)25)12-24-14(3)13(2)23-20(18)24/h5-8,10,12,22H,4,9,11H2,1-3H3,(H2,21,25). The van der Waals surface area contributed by atoms with Crippen molar-refractivity contribution in [1.29, 1.82) is 0 Å². The van der Waals surface area contributed by atoms with Gasteiger partial charge in [-0.1, -0.05) is 37.3 Å². The van der Waals surface area contributed by atoms with Crippen molar-refractivity contribution in [1.82, 2.24) is 14.9 Å². The van der Waals surface area contributed by atoms with Gasteiger partial charge in [0.15, 0.2) is 5.82 Å². The Morgan fingerprint density at radius 3 is 2.68 bits per heavy atom. The molecule has 1 aromatic heterocycles. The number of fused-ring (bicyclic) bond motifs is 1. The van der Waals surface area contributed by atoms with Gasteiger partial charge < -0.3 is 15.6 Å². The number of hydrogen-bond donors (Lipinski definition) is 2. The van der Waals surface area contributed by atoms with Crippen LogP contribution in [0.3, 0.4) is 0 Å². The predicted molar refractivity (Wildman–Crippen MR) is 100 cm³/mol. The number of nitrogens with one attached hydrogen (secondary N) is 1. The molecule has 0 fully saturated rings. The minimum Gasteiger partial charge on any atom is -0.378 e. The maximum atomic E-state index is 11.7. The van der Waals surface area contributed by atoms with Crippen molar-refractivity contribution >= 4 is 17.8 Å². The van der Waals surface area contributed by atoms with Crippen molar-refractivity contribution in [3.8, 4) is 0 Å². The molecule has 0 atom stereocenters. The minimum absolute atomic E-state index is 0.398. The third-order valence-corrected chi connectivity index (χ3v) is 4.72. The van der Waals surface area contributed by atoms with Crippen LogP contribution < -0.4 is 11.1 Å². The van der Waals surface area contributed by atoms with Crippen LogP contribution in [0.4, 0.5) is 0 Å². The second-order valence-corrected chi connectivity index (χ2v) is 6.29. The highest BCUT2D eigenvalue weighted by Gasteiger charge is 2.19. The van der Waals surface area contributed by atoms with Crippen molar-refractivity contribution in [2.24, 2.45) is 5.73 Å². The van der Waals surface area contributed by atoms with Crippen LogP contribution in [-0.4, -0.2) is 15.5 Å². The number of aryl methyl sites for hydroxylation is 2. The van der Waals surface area contributed by atoms with E-state index in [1.165, 1.54) is 11.1 Å². The Bertz CT molecular complexity index is 874. The average molecular weight is 336 g/mol. The molecule has 25 heavy (non-hydrogen) atoms. The van der Waals surface area contributed by atoms with Gasteiger partial charge in [-0.2, -0.15) is 0 Å². The van der Waals surface area contributed by atoms with Gasteiger partial charge in [-0.25, -0.2) is 4.98 Å². The Balaban J connectivity index is 1.93. The maximum absolute atomic E-state index is 11.7. The Morgan fingerprint density at radius 1 is 1.28 bits per heavy atom. The molecule has 5 nitrogen and oxygen atoms in total. The summed E-state index contributed by atoms with van der Waals surface area (Å²) in [6, 6.07) is 8.41. The first-order chi connectivity index (χ1) is 12.0. The zero-order valence-corrected chi connectivity index (χ0v) is 15.0. The Morgan fingerprint density at radius 2 is 2.00 bits per heavy atom. The van der Waals surface area contributed by atoms with Crippen LogP contribution in [0, 0.1) is 13.8 Å². The van der Waals surface area contributed by atoms with Crippen LogP contribution in [0.25, 0.3) is 11.9 Å². The fraction of sp³-hybridized carbons (Fsp3) is 0.300. The molecule has 3 rings (SSSR count). The van der Waals surface area contributed by atoms with E-state index in [4.69, 9.17) is 5.73 Å². The van der Waals surface area contributed by atoms with E-state index in [9.17, 15) is 4.79 Å². The van der Waals surface area contributed by atoms with Crippen LogP contribution in [-0.2, 0) is 17.8 Å². The van der Waals surface area contributed by atoms with Gasteiger partial charge >= 0.3 is 0 Å². The molecule has 3 N–H and O–H groups in total. The molecule has 0 unspecified atom stereocenters. The number of allylic oxidation sites excluding steroid dienone is 1. The van der Waals surface area contributed by atoms with Gasteiger partial charge in [0.2, 0.25) is 5.91 Å². The van der Waals surface area contributed by atoms with Crippen LogP contribution in [0.1, 0.15) is 41.7 Å². The van der Waals surface area contributed by atoms with E-state index in [0.29, 0.717) is 18.5 Å². The summed E-state index contributed by atoms with van der Waals surface area (Å²) in [6.45, 7) is 6.84. The highest BCUT2D eigenvalue weighted by atomic mass is 16.1. The third-order valence-electron chi connectivity index (χ3n) is 4.72. The second-order valence-electron chi connectivity index (χ2n) is 6.29. The smallest absolute Gasteiger partial charge is 0.246 e. The number of aromatic nitrogens is 2. The number of carbonyl (C=O) groups is 1. The first-order valence-corrected chi connectivity index (χ1v) is 8.58. The van der Waals surface area contributed by atoms with E-state index in [1.807, 2.05) is 24.5 Å². The van der Waals surface area contributed by atoms with Gasteiger partial charge in [0, 0.05) is 24.0 Å². The van der Waals surface area contributed by atoms with Crippen LogP contribution in [0.15, 0.2) is 35.9 Å². The fourth-order valence-electron chi connectivity index (χ4n) is 3.07. The lowest BCUT2D eigenvalue weighted by atomic mass is 10.1. The van der Waals surface area contributed by atoms with Gasteiger partial charge in [-0.15, -0.1) is 0 Å². The molecule has 1 aliphatic rings. The molecule has 0 spiro atoms. The Kier molecular flexibility index (Phi) is 4.74. The molecule has 1 aromatic carbocycles. The van der Waals surface area contributed by atoms with Gasteiger partial charge in [0.05, 0.1) is 11.4 Å². The fourth-order valence-corrected chi connectivity index (χ4v) is 3.07. The zero-order chi connectivity index (χ0) is 18.0. The van der Waals surface area contributed by atoms with Gasteiger partial charge in [-0.05, 0) is 37.8 Å². The molecule has 0 aliphatic carbocycles. The minimum atomic E-state index is -0.398. The summed E-state index contributed by atoms with van der Waals surface area (Å²) in [5.41, 5.74) is 11.6. The Labute approximate surface area is 148 Å². The van der Waals surface area contributed by atoms with Crippen molar-refractivity contribution in [2.45, 2.75) is 40.2 Å². The summed E-state index contributed by atoms with van der Waals surface area (Å²) >= 11 is 0. The van der Waals surface area contributed by atoms with E-state index in [0.717, 1.165) is 29.3 Å². The lowest BCUT2D eigenvalue weighted by molar-refractivity contribution is -0.114. The summed E-state index contributed by atoms with van der Waals surface area (Å²) in [6.07, 6.45) is 5.29. The van der Waals surface area contributed by atoms with E-state index < -0.39 is 5.91 Å². The van der Waals surface area contributed by atoms with Gasteiger partial charge in [0.25, 0.3) is 0 Å². The molecule has 0 saturated heterocycles. The van der Waals surface area contributed by atoms with Crippen molar-refractivity contribution in [3.05, 3.63) is 64.3 Å². The van der Waals surface area contributed by atoms with Crippen molar-refractivity contribution in [2.75, 3.05) is 0 Å². The van der Waals surface area contributed by atoms with Crippen LogP contribution >= 0.6 is 0 Å². The summed E-state index contributed by atoms with van der Waals surface area (Å²) < 4.78 is 1.95. The number of nitrogens with two attached hydrogens (primary N) is 1. The number of benzene rings is 1. The first-order valence-electron chi connectivity index (χ1n) is 8.58. The van der Waals surface area contributed by atoms with Crippen molar-refractivity contribution < 1.29 is 4.79 Å². The zero-order valence-electron chi connectivity index (χ0n) is 15.0. The Hall–Kier alpha value is -2.82. The van der Waals surface area contributed by atoms with E-state index in [-0.39, 0.29) is 0 Å². The maximum Gasteiger partial charge on any atom is 0.246 e.